The predicted octanol–water partition coefficient (Wildman–Crippen LogP) is 3.41. The molecule has 0 aliphatic heterocycles. The standard InChI is InChI=1S/C18H16N2O3/c21-18(12-10-14-6-2-4-8-17(14)20(22)23)19-16-11-9-13-5-1-3-7-15(13)16/h1-8,10,12,16H,9,11H2,(H,19,21)/b12-10+. The zero-order valence-electron chi connectivity index (χ0n) is 12.4. The Morgan fingerprint density at radius 3 is 2.74 bits per heavy atom. The number of hydrogen-bond donors (Lipinski definition) is 1. The lowest BCUT2D eigenvalue weighted by atomic mass is 10.1. The fraction of sp³-hybridized carbons (Fsp3) is 0.167. The number of benzene rings is 2. The summed E-state index contributed by atoms with van der Waals surface area (Å²) in [6.07, 6.45) is 4.66. The summed E-state index contributed by atoms with van der Waals surface area (Å²) in [4.78, 5) is 22.6. The second-order valence-corrected chi connectivity index (χ2v) is 5.45. The average molecular weight is 308 g/mol. The first-order chi connectivity index (χ1) is 11.1. The smallest absolute Gasteiger partial charge is 0.276 e. The number of nitrogens with one attached hydrogen (secondary N) is 1. The molecule has 0 bridgehead atoms. The van der Waals surface area contributed by atoms with Gasteiger partial charge in [-0.15, -0.1) is 0 Å². The lowest BCUT2D eigenvalue weighted by molar-refractivity contribution is -0.385. The molecule has 116 valence electrons. The molecule has 0 radical (unpaired) electrons. The summed E-state index contributed by atoms with van der Waals surface area (Å²) >= 11 is 0. The van der Waals surface area contributed by atoms with E-state index in [1.807, 2.05) is 18.2 Å². The van der Waals surface area contributed by atoms with Gasteiger partial charge in [0.25, 0.3) is 5.69 Å². The first kappa shape index (κ1) is 15.0. The average Bonchev–Trinajstić information content (AvgIpc) is 2.96. The first-order valence-corrected chi connectivity index (χ1v) is 7.45. The van der Waals surface area contributed by atoms with Crippen molar-refractivity contribution in [3.63, 3.8) is 0 Å². The van der Waals surface area contributed by atoms with Gasteiger partial charge in [0.05, 0.1) is 16.5 Å². The highest BCUT2D eigenvalue weighted by atomic mass is 16.6. The summed E-state index contributed by atoms with van der Waals surface area (Å²) in [5.74, 6) is -0.246. The van der Waals surface area contributed by atoms with E-state index in [1.54, 1.807) is 18.2 Å². The maximum atomic E-state index is 12.1. The van der Waals surface area contributed by atoms with Gasteiger partial charge in [0, 0.05) is 12.1 Å². The number of nitro benzene ring substituents is 1. The molecule has 0 aromatic heterocycles. The quantitative estimate of drug-likeness (QED) is 0.534. The lowest BCUT2D eigenvalue weighted by Gasteiger charge is -2.12. The van der Waals surface area contributed by atoms with Crippen molar-refractivity contribution in [2.75, 3.05) is 0 Å². The van der Waals surface area contributed by atoms with Gasteiger partial charge in [0.2, 0.25) is 5.91 Å². The number of nitrogens with zero attached hydrogens (tertiary/aromatic N) is 1. The zero-order valence-corrected chi connectivity index (χ0v) is 12.4. The van der Waals surface area contributed by atoms with Gasteiger partial charge >= 0.3 is 0 Å². The van der Waals surface area contributed by atoms with Gasteiger partial charge in [-0.25, -0.2) is 0 Å². The van der Waals surface area contributed by atoms with Crippen LogP contribution in [0, 0.1) is 10.1 Å². The van der Waals surface area contributed by atoms with E-state index in [0.29, 0.717) is 5.56 Å². The van der Waals surface area contributed by atoms with Crippen LogP contribution in [0.15, 0.2) is 54.6 Å². The monoisotopic (exact) mass is 308 g/mol. The Morgan fingerprint density at radius 1 is 1.17 bits per heavy atom. The molecular formula is C18H16N2O3. The van der Waals surface area contributed by atoms with Crippen LogP contribution in [-0.2, 0) is 11.2 Å². The molecule has 23 heavy (non-hydrogen) atoms. The topological polar surface area (TPSA) is 72.2 Å². The summed E-state index contributed by atoms with van der Waals surface area (Å²) in [6.45, 7) is 0. The van der Waals surface area contributed by atoms with Crippen LogP contribution in [0.3, 0.4) is 0 Å². The third-order valence-corrected chi connectivity index (χ3v) is 4.00. The molecule has 0 fully saturated rings. The van der Waals surface area contributed by atoms with Crippen LogP contribution in [-0.4, -0.2) is 10.8 Å². The molecule has 5 nitrogen and oxygen atoms in total. The van der Waals surface area contributed by atoms with Crippen LogP contribution >= 0.6 is 0 Å². The maximum Gasteiger partial charge on any atom is 0.276 e. The molecule has 0 saturated heterocycles. The van der Waals surface area contributed by atoms with E-state index < -0.39 is 4.92 Å². The van der Waals surface area contributed by atoms with E-state index in [2.05, 4.69) is 11.4 Å². The number of aryl methyl sites for hydroxylation is 1. The van der Waals surface area contributed by atoms with E-state index in [0.717, 1.165) is 18.4 Å². The van der Waals surface area contributed by atoms with Crippen molar-refractivity contribution < 1.29 is 9.72 Å². The highest BCUT2D eigenvalue weighted by Crippen LogP contribution is 2.30. The zero-order chi connectivity index (χ0) is 16.2. The molecule has 2 aromatic carbocycles. The number of para-hydroxylation sites is 1. The van der Waals surface area contributed by atoms with E-state index in [9.17, 15) is 14.9 Å². The summed E-state index contributed by atoms with van der Waals surface area (Å²) in [5.41, 5.74) is 2.82. The Labute approximate surface area is 133 Å². The number of fused-ring (bicyclic) bond motifs is 1. The van der Waals surface area contributed by atoms with E-state index in [-0.39, 0.29) is 17.6 Å². The Morgan fingerprint density at radius 2 is 1.91 bits per heavy atom. The molecule has 1 aliphatic rings. The summed E-state index contributed by atoms with van der Waals surface area (Å²) in [7, 11) is 0. The molecule has 1 N–H and O–H groups in total. The second-order valence-electron chi connectivity index (χ2n) is 5.45. The number of nitro groups is 1. The summed E-state index contributed by atoms with van der Waals surface area (Å²) in [5, 5.41) is 13.9. The Balaban J connectivity index is 1.70. The van der Waals surface area contributed by atoms with Crippen LogP contribution in [0.4, 0.5) is 5.69 Å². The van der Waals surface area contributed by atoms with Crippen molar-refractivity contribution >= 4 is 17.7 Å². The van der Waals surface area contributed by atoms with Gasteiger partial charge in [-0.05, 0) is 36.1 Å². The van der Waals surface area contributed by atoms with Gasteiger partial charge < -0.3 is 5.32 Å². The van der Waals surface area contributed by atoms with Crippen molar-refractivity contribution in [2.24, 2.45) is 0 Å². The van der Waals surface area contributed by atoms with Crippen molar-refractivity contribution in [3.8, 4) is 0 Å². The Kier molecular flexibility index (Phi) is 4.19. The normalized spacial score (nSPS) is 16.3. The molecule has 0 spiro atoms. The lowest BCUT2D eigenvalue weighted by Crippen LogP contribution is -2.25. The third-order valence-electron chi connectivity index (χ3n) is 4.00. The van der Waals surface area contributed by atoms with Crippen LogP contribution < -0.4 is 5.32 Å². The highest BCUT2D eigenvalue weighted by molar-refractivity contribution is 5.92. The largest absolute Gasteiger partial charge is 0.346 e. The van der Waals surface area contributed by atoms with E-state index in [4.69, 9.17) is 0 Å². The third kappa shape index (κ3) is 3.29. The number of amides is 1. The van der Waals surface area contributed by atoms with Crippen LogP contribution in [0.2, 0.25) is 0 Å². The summed E-state index contributed by atoms with van der Waals surface area (Å²) in [6, 6.07) is 14.4. The number of rotatable bonds is 4. The number of carbonyl (C=O) groups is 1. The fourth-order valence-corrected chi connectivity index (χ4v) is 2.89. The van der Waals surface area contributed by atoms with Crippen LogP contribution in [0.5, 0.6) is 0 Å². The second kappa shape index (κ2) is 6.44. The molecule has 1 atom stereocenters. The minimum atomic E-state index is -0.454. The minimum absolute atomic E-state index is 0.00843. The Bertz CT molecular complexity index is 783. The molecule has 5 heteroatoms. The maximum absolute atomic E-state index is 12.1. The molecule has 0 saturated carbocycles. The van der Waals surface area contributed by atoms with Crippen molar-refractivity contribution in [2.45, 2.75) is 18.9 Å². The first-order valence-electron chi connectivity index (χ1n) is 7.45. The van der Waals surface area contributed by atoms with Gasteiger partial charge in [0.1, 0.15) is 0 Å². The molecule has 1 aliphatic carbocycles. The number of carbonyl (C=O) groups excluding carboxylic acids is 1. The van der Waals surface area contributed by atoms with Crippen LogP contribution in [0.1, 0.15) is 29.2 Å². The van der Waals surface area contributed by atoms with Crippen molar-refractivity contribution in [1.29, 1.82) is 0 Å². The molecule has 0 heterocycles. The summed E-state index contributed by atoms with van der Waals surface area (Å²) < 4.78 is 0. The molecule has 1 unspecified atom stereocenters. The Hall–Kier alpha value is -2.95. The molecular weight excluding hydrogens is 292 g/mol. The highest BCUT2D eigenvalue weighted by Gasteiger charge is 2.22. The van der Waals surface area contributed by atoms with Crippen molar-refractivity contribution in [3.05, 3.63) is 81.4 Å². The minimum Gasteiger partial charge on any atom is -0.346 e. The number of hydrogen-bond acceptors (Lipinski definition) is 3. The van der Waals surface area contributed by atoms with Crippen molar-refractivity contribution in [1.82, 2.24) is 5.32 Å². The predicted molar refractivity (Wildman–Crippen MR) is 87.8 cm³/mol. The van der Waals surface area contributed by atoms with Gasteiger partial charge in [-0.3, -0.25) is 14.9 Å². The van der Waals surface area contributed by atoms with E-state index >= 15 is 0 Å². The van der Waals surface area contributed by atoms with Gasteiger partial charge in [-0.2, -0.15) is 0 Å². The molecule has 1 amide bonds. The van der Waals surface area contributed by atoms with Gasteiger partial charge in [-0.1, -0.05) is 36.4 Å². The molecule has 2 aromatic rings. The fourth-order valence-electron chi connectivity index (χ4n) is 2.89. The molecule has 3 rings (SSSR count). The van der Waals surface area contributed by atoms with Gasteiger partial charge in [0.15, 0.2) is 0 Å². The van der Waals surface area contributed by atoms with E-state index in [1.165, 1.54) is 23.8 Å². The SMILES string of the molecule is O=C(/C=C/c1ccccc1[N+](=O)[O-])NC1CCc2ccccc21. The van der Waals surface area contributed by atoms with Crippen LogP contribution in [0.25, 0.3) is 6.08 Å².